The molecule has 2 nitrogen and oxygen atoms in total. The van der Waals surface area contributed by atoms with Gasteiger partial charge in [0, 0.05) is 4.47 Å². The maximum absolute atomic E-state index is 6.14. The molecule has 0 atom stereocenters. The van der Waals surface area contributed by atoms with Crippen LogP contribution >= 0.6 is 50.5 Å². The van der Waals surface area contributed by atoms with Gasteiger partial charge in [-0.25, -0.2) is 4.98 Å². The standard InChI is InChI=1S/C13H7BrCl2N2S/c14-7-4-5-9-11(6-7)19-13(17-9)18-10-3-1-2-8(15)12(10)16/h1-6H,(H,17,18). The summed E-state index contributed by atoms with van der Waals surface area (Å²) in [5.74, 6) is 0. The predicted molar refractivity (Wildman–Crippen MR) is 87.1 cm³/mol. The Labute approximate surface area is 132 Å². The zero-order chi connectivity index (χ0) is 13.4. The monoisotopic (exact) mass is 372 g/mol. The number of rotatable bonds is 2. The van der Waals surface area contributed by atoms with Crippen LogP contribution in [0.3, 0.4) is 0 Å². The van der Waals surface area contributed by atoms with Crippen molar-refractivity contribution in [3.05, 3.63) is 50.9 Å². The van der Waals surface area contributed by atoms with E-state index >= 15 is 0 Å². The SMILES string of the molecule is Clc1cccc(Nc2nc3ccc(Br)cc3s2)c1Cl. The molecule has 19 heavy (non-hydrogen) atoms. The van der Waals surface area contributed by atoms with Crippen molar-refractivity contribution in [1.82, 2.24) is 4.98 Å². The fourth-order valence-electron chi connectivity index (χ4n) is 1.67. The summed E-state index contributed by atoms with van der Waals surface area (Å²) in [5, 5.41) is 5.01. The van der Waals surface area contributed by atoms with E-state index in [1.54, 1.807) is 17.4 Å². The number of anilines is 2. The van der Waals surface area contributed by atoms with Gasteiger partial charge in [-0.2, -0.15) is 0 Å². The van der Waals surface area contributed by atoms with Crippen LogP contribution in [0.25, 0.3) is 10.2 Å². The van der Waals surface area contributed by atoms with Crippen LogP contribution in [0, 0.1) is 0 Å². The molecular formula is C13H7BrCl2N2S. The van der Waals surface area contributed by atoms with Crippen LogP contribution in [0.1, 0.15) is 0 Å². The molecule has 0 aliphatic rings. The predicted octanol–water partition coefficient (Wildman–Crippen LogP) is 6.11. The van der Waals surface area contributed by atoms with Crippen molar-refractivity contribution < 1.29 is 0 Å². The van der Waals surface area contributed by atoms with Gasteiger partial charge in [0.05, 0.1) is 25.9 Å². The van der Waals surface area contributed by atoms with Crippen LogP contribution < -0.4 is 5.32 Å². The lowest BCUT2D eigenvalue weighted by molar-refractivity contribution is 1.44. The number of aromatic nitrogens is 1. The molecule has 0 saturated carbocycles. The van der Waals surface area contributed by atoms with Gasteiger partial charge in [0.25, 0.3) is 0 Å². The van der Waals surface area contributed by atoms with Crippen molar-refractivity contribution in [3.63, 3.8) is 0 Å². The van der Waals surface area contributed by atoms with Crippen LogP contribution in [0.2, 0.25) is 10.0 Å². The zero-order valence-electron chi connectivity index (χ0n) is 9.45. The second kappa shape index (κ2) is 5.29. The van der Waals surface area contributed by atoms with Gasteiger partial charge in [0.2, 0.25) is 0 Å². The number of thiazole rings is 1. The molecule has 0 radical (unpaired) electrons. The maximum Gasteiger partial charge on any atom is 0.188 e. The fourth-order valence-corrected chi connectivity index (χ4v) is 3.45. The first kappa shape index (κ1) is 13.2. The molecule has 0 bridgehead atoms. The summed E-state index contributed by atoms with van der Waals surface area (Å²) >= 11 is 17.1. The highest BCUT2D eigenvalue weighted by Crippen LogP contribution is 2.35. The molecule has 0 aliphatic carbocycles. The van der Waals surface area contributed by atoms with Crippen LogP contribution in [-0.4, -0.2) is 4.98 Å². The Hall–Kier alpha value is -0.810. The highest BCUT2D eigenvalue weighted by molar-refractivity contribution is 9.10. The Balaban J connectivity index is 1.99. The summed E-state index contributed by atoms with van der Waals surface area (Å²) in [7, 11) is 0. The van der Waals surface area contributed by atoms with E-state index in [0.717, 1.165) is 25.5 Å². The Morgan fingerprint density at radius 1 is 1.16 bits per heavy atom. The van der Waals surface area contributed by atoms with Crippen molar-refractivity contribution in [1.29, 1.82) is 0 Å². The Bertz CT molecular complexity index is 757. The average Bonchev–Trinajstić information content (AvgIpc) is 2.76. The molecule has 0 aliphatic heterocycles. The highest BCUT2D eigenvalue weighted by atomic mass is 79.9. The molecule has 0 amide bonds. The van der Waals surface area contributed by atoms with E-state index in [0.29, 0.717) is 10.0 Å². The van der Waals surface area contributed by atoms with Crippen LogP contribution in [-0.2, 0) is 0 Å². The Morgan fingerprint density at radius 2 is 2.00 bits per heavy atom. The number of nitrogens with one attached hydrogen (secondary N) is 1. The number of hydrogen-bond donors (Lipinski definition) is 1. The first-order valence-electron chi connectivity index (χ1n) is 5.40. The third-order valence-electron chi connectivity index (χ3n) is 2.54. The molecule has 6 heteroatoms. The number of hydrogen-bond acceptors (Lipinski definition) is 3. The van der Waals surface area contributed by atoms with E-state index in [9.17, 15) is 0 Å². The molecule has 1 heterocycles. The number of fused-ring (bicyclic) bond motifs is 1. The van der Waals surface area contributed by atoms with E-state index in [4.69, 9.17) is 23.2 Å². The summed E-state index contributed by atoms with van der Waals surface area (Å²) in [6.45, 7) is 0. The van der Waals surface area contributed by atoms with Crippen molar-refractivity contribution >= 4 is 71.5 Å². The molecule has 1 aromatic heterocycles. The summed E-state index contributed by atoms with van der Waals surface area (Å²) in [5.41, 5.74) is 1.71. The van der Waals surface area contributed by atoms with Crippen molar-refractivity contribution in [2.24, 2.45) is 0 Å². The lowest BCUT2D eigenvalue weighted by atomic mass is 10.3. The van der Waals surface area contributed by atoms with Gasteiger partial charge < -0.3 is 5.32 Å². The Morgan fingerprint density at radius 3 is 2.84 bits per heavy atom. The van der Waals surface area contributed by atoms with E-state index in [2.05, 4.69) is 26.2 Å². The van der Waals surface area contributed by atoms with E-state index in [1.807, 2.05) is 30.3 Å². The quantitative estimate of drug-likeness (QED) is 0.586. The molecule has 0 fully saturated rings. The summed E-state index contributed by atoms with van der Waals surface area (Å²) < 4.78 is 2.14. The Kier molecular flexibility index (Phi) is 3.67. The van der Waals surface area contributed by atoms with Crippen LogP contribution in [0.15, 0.2) is 40.9 Å². The largest absolute Gasteiger partial charge is 0.330 e. The van der Waals surface area contributed by atoms with E-state index in [1.165, 1.54) is 0 Å². The molecule has 3 aromatic rings. The zero-order valence-corrected chi connectivity index (χ0v) is 13.4. The van der Waals surface area contributed by atoms with E-state index < -0.39 is 0 Å². The molecule has 0 unspecified atom stereocenters. The molecule has 0 spiro atoms. The summed E-state index contributed by atoms with van der Waals surface area (Å²) in [6, 6.07) is 11.5. The number of halogens is 3. The third kappa shape index (κ3) is 2.72. The lowest BCUT2D eigenvalue weighted by Crippen LogP contribution is -1.90. The molecule has 1 N–H and O–H groups in total. The number of nitrogens with zero attached hydrogens (tertiary/aromatic N) is 1. The van der Waals surface area contributed by atoms with Gasteiger partial charge in [0.1, 0.15) is 0 Å². The highest BCUT2D eigenvalue weighted by Gasteiger charge is 2.08. The van der Waals surface area contributed by atoms with Gasteiger partial charge >= 0.3 is 0 Å². The molecule has 3 rings (SSSR count). The van der Waals surface area contributed by atoms with Crippen LogP contribution in [0.5, 0.6) is 0 Å². The minimum absolute atomic E-state index is 0.504. The maximum atomic E-state index is 6.14. The average molecular weight is 374 g/mol. The minimum Gasteiger partial charge on any atom is -0.330 e. The molecule has 2 aromatic carbocycles. The van der Waals surface area contributed by atoms with Crippen LogP contribution in [0.4, 0.5) is 10.8 Å². The van der Waals surface area contributed by atoms with Gasteiger partial charge in [-0.15, -0.1) is 0 Å². The summed E-state index contributed by atoms with van der Waals surface area (Å²) in [4.78, 5) is 4.50. The van der Waals surface area contributed by atoms with Gasteiger partial charge in [-0.3, -0.25) is 0 Å². The smallest absolute Gasteiger partial charge is 0.188 e. The second-order valence-electron chi connectivity index (χ2n) is 3.86. The molecular weight excluding hydrogens is 367 g/mol. The van der Waals surface area contributed by atoms with Crippen molar-refractivity contribution in [2.75, 3.05) is 5.32 Å². The molecule has 96 valence electrons. The van der Waals surface area contributed by atoms with Crippen molar-refractivity contribution in [3.8, 4) is 0 Å². The van der Waals surface area contributed by atoms with Gasteiger partial charge in [0.15, 0.2) is 5.13 Å². The van der Waals surface area contributed by atoms with Gasteiger partial charge in [-0.1, -0.05) is 56.5 Å². The van der Waals surface area contributed by atoms with Gasteiger partial charge in [-0.05, 0) is 30.3 Å². The van der Waals surface area contributed by atoms with E-state index in [-0.39, 0.29) is 0 Å². The number of benzene rings is 2. The third-order valence-corrected chi connectivity index (χ3v) is 4.79. The fraction of sp³-hybridized carbons (Fsp3) is 0. The first-order valence-corrected chi connectivity index (χ1v) is 7.77. The first-order chi connectivity index (χ1) is 9.13. The lowest BCUT2D eigenvalue weighted by Gasteiger charge is -2.05. The van der Waals surface area contributed by atoms with Crippen molar-refractivity contribution in [2.45, 2.75) is 0 Å². The summed E-state index contributed by atoms with van der Waals surface area (Å²) in [6.07, 6.45) is 0. The topological polar surface area (TPSA) is 24.9 Å². The second-order valence-corrected chi connectivity index (χ2v) is 6.59. The minimum atomic E-state index is 0.504. The normalized spacial score (nSPS) is 10.9. The molecule has 0 saturated heterocycles.